The first-order chi connectivity index (χ1) is 8.74. The van der Waals surface area contributed by atoms with Gasteiger partial charge in [-0.2, -0.15) is 0 Å². The maximum Gasteiger partial charge on any atom is 0.165 e. The predicted octanol–water partition coefficient (Wildman–Crippen LogP) is -0.842. The van der Waals surface area contributed by atoms with Crippen LogP contribution in [0.5, 0.6) is 0 Å². The number of nitrogens with zero attached hydrogens (tertiary/aromatic N) is 6. The van der Waals surface area contributed by atoms with Gasteiger partial charge in [0.15, 0.2) is 5.82 Å². The molecule has 0 amide bonds. The van der Waals surface area contributed by atoms with E-state index >= 15 is 0 Å². The maximum absolute atomic E-state index is 5.85. The number of tetrazole rings is 1. The molecule has 102 valence electrons. The molecule has 1 aromatic rings. The molecule has 1 aromatic heterocycles. The molecule has 1 aliphatic heterocycles. The van der Waals surface area contributed by atoms with Crippen molar-refractivity contribution in [1.82, 2.24) is 30.0 Å². The molecule has 1 atom stereocenters. The molecule has 1 aliphatic rings. The van der Waals surface area contributed by atoms with Gasteiger partial charge in [0, 0.05) is 38.8 Å². The summed E-state index contributed by atoms with van der Waals surface area (Å²) in [6, 6.07) is 0.399. The second kappa shape index (κ2) is 6.21. The lowest BCUT2D eigenvalue weighted by molar-refractivity contribution is 0.0844. The fourth-order valence-corrected chi connectivity index (χ4v) is 2.38. The molecule has 7 heteroatoms. The van der Waals surface area contributed by atoms with Crippen molar-refractivity contribution >= 4 is 0 Å². The highest BCUT2D eigenvalue weighted by Gasteiger charge is 2.25. The van der Waals surface area contributed by atoms with Crippen LogP contribution in [0.25, 0.3) is 0 Å². The largest absolute Gasteiger partial charge is 0.329 e. The summed E-state index contributed by atoms with van der Waals surface area (Å²) in [4.78, 5) is 4.71. The first-order valence-corrected chi connectivity index (χ1v) is 6.62. The fourth-order valence-electron chi connectivity index (χ4n) is 2.38. The number of rotatable bonds is 5. The number of hydrogen-bond donors (Lipinski definition) is 1. The molecule has 1 unspecified atom stereocenters. The summed E-state index contributed by atoms with van der Waals surface area (Å²) < 4.78 is 1.89. The number of nitrogens with two attached hydrogens (primary N) is 1. The van der Waals surface area contributed by atoms with Gasteiger partial charge in [-0.05, 0) is 23.9 Å². The fraction of sp³-hybridized carbons (Fsp3) is 0.909. The van der Waals surface area contributed by atoms with Crippen LogP contribution in [0.2, 0.25) is 0 Å². The summed E-state index contributed by atoms with van der Waals surface area (Å²) in [5.74, 6) is 0.944. The highest BCUT2D eigenvalue weighted by atomic mass is 15.5. The summed E-state index contributed by atoms with van der Waals surface area (Å²) in [6.07, 6.45) is 1.04. The van der Waals surface area contributed by atoms with E-state index in [1.807, 2.05) is 4.68 Å². The molecule has 0 bridgehead atoms. The highest BCUT2D eigenvalue weighted by molar-refractivity contribution is 4.88. The molecule has 18 heavy (non-hydrogen) atoms. The van der Waals surface area contributed by atoms with E-state index in [1.54, 1.807) is 0 Å². The Balaban J connectivity index is 2.00. The van der Waals surface area contributed by atoms with E-state index in [2.05, 4.69) is 39.3 Å². The Hall–Kier alpha value is -1.05. The average molecular weight is 253 g/mol. The van der Waals surface area contributed by atoms with Crippen LogP contribution in [0.15, 0.2) is 0 Å². The van der Waals surface area contributed by atoms with Crippen molar-refractivity contribution in [2.24, 2.45) is 5.73 Å². The second-order valence-corrected chi connectivity index (χ2v) is 4.94. The Morgan fingerprint density at radius 2 is 2.22 bits per heavy atom. The Kier molecular flexibility index (Phi) is 4.62. The van der Waals surface area contributed by atoms with E-state index in [-0.39, 0.29) is 0 Å². The van der Waals surface area contributed by atoms with Crippen molar-refractivity contribution < 1.29 is 0 Å². The van der Waals surface area contributed by atoms with E-state index in [4.69, 9.17) is 5.73 Å². The highest BCUT2D eigenvalue weighted by Crippen LogP contribution is 2.11. The van der Waals surface area contributed by atoms with Crippen LogP contribution in [0.3, 0.4) is 0 Å². The predicted molar refractivity (Wildman–Crippen MR) is 68.9 cm³/mol. The van der Waals surface area contributed by atoms with Gasteiger partial charge in [-0.1, -0.05) is 6.92 Å². The van der Waals surface area contributed by atoms with Crippen molar-refractivity contribution in [3.05, 3.63) is 5.82 Å². The Labute approximate surface area is 108 Å². The van der Waals surface area contributed by atoms with Gasteiger partial charge in [0.05, 0.1) is 6.54 Å². The lowest BCUT2D eigenvalue weighted by Gasteiger charge is -2.39. The van der Waals surface area contributed by atoms with E-state index in [9.17, 15) is 0 Å². The molecular weight excluding hydrogens is 230 g/mol. The molecule has 0 spiro atoms. The van der Waals surface area contributed by atoms with Gasteiger partial charge in [-0.15, -0.1) is 5.10 Å². The minimum absolute atomic E-state index is 0.399. The van der Waals surface area contributed by atoms with Crippen molar-refractivity contribution in [2.75, 3.05) is 33.2 Å². The minimum atomic E-state index is 0.399. The first kappa shape index (κ1) is 13.4. The van der Waals surface area contributed by atoms with E-state index in [0.717, 1.165) is 45.0 Å². The third kappa shape index (κ3) is 3.04. The lowest BCUT2D eigenvalue weighted by atomic mass is 10.1. The summed E-state index contributed by atoms with van der Waals surface area (Å²) >= 11 is 0. The third-order valence-corrected chi connectivity index (χ3v) is 3.47. The normalized spacial score (nSPS) is 22.5. The number of piperazine rings is 1. The van der Waals surface area contributed by atoms with Crippen LogP contribution in [-0.4, -0.2) is 69.3 Å². The standard InChI is InChI=1S/C11H23N7/c1-3-4-18-11(13-14-15-18)9-17-6-5-16(2)8-10(17)7-12/h10H,3-9,12H2,1-2H3. The molecule has 2 heterocycles. The van der Waals surface area contributed by atoms with Crippen LogP contribution in [0, 0.1) is 0 Å². The number of likely N-dealkylation sites (N-methyl/N-ethyl adjacent to an activating group) is 1. The maximum atomic E-state index is 5.85. The molecule has 0 aliphatic carbocycles. The smallest absolute Gasteiger partial charge is 0.165 e. The molecule has 0 aromatic carbocycles. The minimum Gasteiger partial charge on any atom is -0.329 e. The molecule has 7 nitrogen and oxygen atoms in total. The van der Waals surface area contributed by atoms with Crippen molar-refractivity contribution in [3.8, 4) is 0 Å². The van der Waals surface area contributed by atoms with Gasteiger partial charge in [-0.3, -0.25) is 4.90 Å². The van der Waals surface area contributed by atoms with E-state index < -0.39 is 0 Å². The summed E-state index contributed by atoms with van der Waals surface area (Å²) in [6.45, 7) is 7.60. The Morgan fingerprint density at radius 3 is 2.94 bits per heavy atom. The molecule has 0 radical (unpaired) electrons. The SMILES string of the molecule is CCCn1nnnc1CN1CCN(C)CC1CN. The van der Waals surface area contributed by atoms with Gasteiger partial charge in [0.25, 0.3) is 0 Å². The third-order valence-electron chi connectivity index (χ3n) is 3.47. The van der Waals surface area contributed by atoms with E-state index in [0.29, 0.717) is 12.6 Å². The molecule has 0 saturated carbocycles. The zero-order valence-corrected chi connectivity index (χ0v) is 11.3. The Morgan fingerprint density at radius 1 is 1.39 bits per heavy atom. The molecule has 2 rings (SSSR count). The second-order valence-electron chi connectivity index (χ2n) is 4.94. The summed E-state index contributed by atoms with van der Waals surface area (Å²) in [5.41, 5.74) is 5.85. The Bertz CT molecular complexity index is 364. The molecule has 1 fully saturated rings. The monoisotopic (exact) mass is 253 g/mol. The van der Waals surface area contributed by atoms with E-state index in [1.165, 1.54) is 0 Å². The average Bonchev–Trinajstić information content (AvgIpc) is 2.79. The molecular formula is C11H23N7. The first-order valence-electron chi connectivity index (χ1n) is 6.62. The quantitative estimate of drug-likeness (QED) is 0.737. The van der Waals surface area contributed by atoms with Gasteiger partial charge in [-0.25, -0.2) is 4.68 Å². The number of aromatic nitrogens is 4. The van der Waals surface area contributed by atoms with Crippen LogP contribution in [-0.2, 0) is 13.1 Å². The van der Waals surface area contributed by atoms with Crippen LogP contribution in [0.1, 0.15) is 19.2 Å². The van der Waals surface area contributed by atoms with Gasteiger partial charge in [0.2, 0.25) is 0 Å². The zero-order chi connectivity index (χ0) is 13.0. The summed E-state index contributed by atoms with van der Waals surface area (Å²) in [5, 5.41) is 11.9. The topological polar surface area (TPSA) is 76.1 Å². The van der Waals surface area contributed by atoms with Gasteiger partial charge in [0.1, 0.15) is 0 Å². The number of aryl methyl sites for hydroxylation is 1. The molecule has 1 saturated heterocycles. The number of hydrogen-bond acceptors (Lipinski definition) is 6. The van der Waals surface area contributed by atoms with Crippen LogP contribution >= 0.6 is 0 Å². The molecule has 2 N–H and O–H groups in total. The zero-order valence-electron chi connectivity index (χ0n) is 11.3. The van der Waals surface area contributed by atoms with Gasteiger partial charge >= 0.3 is 0 Å². The van der Waals surface area contributed by atoms with Crippen LogP contribution in [0.4, 0.5) is 0 Å². The van der Waals surface area contributed by atoms with Crippen LogP contribution < -0.4 is 5.73 Å². The van der Waals surface area contributed by atoms with Crippen molar-refractivity contribution in [1.29, 1.82) is 0 Å². The lowest BCUT2D eigenvalue weighted by Crippen LogP contribution is -2.54. The summed E-state index contributed by atoms with van der Waals surface area (Å²) in [7, 11) is 2.14. The van der Waals surface area contributed by atoms with Gasteiger partial charge < -0.3 is 10.6 Å². The van der Waals surface area contributed by atoms with Crippen molar-refractivity contribution in [3.63, 3.8) is 0 Å². The van der Waals surface area contributed by atoms with Crippen molar-refractivity contribution in [2.45, 2.75) is 32.5 Å².